The maximum Gasteiger partial charge on any atom is 0.287 e. The Balaban J connectivity index is 2.23. The number of hydrogen-bond donors (Lipinski definition) is 0. The van der Waals surface area contributed by atoms with Gasteiger partial charge >= 0.3 is 0 Å². The highest BCUT2D eigenvalue weighted by Gasteiger charge is 2.18. The van der Waals surface area contributed by atoms with Crippen molar-refractivity contribution >= 4 is 29.0 Å². The molecule has 0 N–H and O–H groups in total. The van der Waals surface area contributed by atoms with Crippen molar-refractivity contribution in [3.05, 3.63) is 49.6 Å². The van der Waals surface area contributed by atoms with Crippen molar-refractivity contribution in [1.82, 2.24) is 14.3 Å². The second-order valence-corrected chi connectivity index (χ2v) is 6.26. The molecule has 0 saturated carbocycles. The molecule has 0 unspecified atom stereocenters. The predicted molar refractivity (Wildman–Crippen MR) is 93.2 cm³/mol. The van der Waals surface area contributed by atoms with Gasteiger partial charge in [-0.2, -0.15) is 5.10 Å². The number of Topliss-reactive ketones (excluding diaryl/α,β-unsaturated/α-hetero) is 1. The highest BCUT2D eigenvalue weighted by Crippen LogP contribution is 2.18. The molecule has 0 radical (unpaired) electrons. The Hall–Kier alpha value is -1.63. The van der Waals surface area contributed by atoms with Crippen LogP contribution in [0.5, 0.6) is 0 Å². The van der Waals surface area contributed by atoms with Crippen molar-refractivity contribution in [3.63, 3.8) is 0 Å². The van der Waals surface area contributed by atoms with Crippen LogP contribution < -0.4 is 5.56 Å². The Morgan fingerprint density at radius 2 is 2.04 bits per heavy atom. The smallest absolute Gasteiger partial charge is 0.287 e. The second kappa shape index (κ2) is 7.96. The van der Waals surface area contributed by atoms with Crippen LogP contribution >= 0.6 is 23.2 Å². The van der Waals surface area contributed by atoms with Gasteiger partial charge in [-0.05, 0) is 26.3 Å². The van der Waals surface area contributed by atoms with E-state index in [1.165, 1.54) is 6.20 Å². The first-order valence-electron chi connectivity index (χ1n) is 7.46. The van der Waals surface area contributed by atoms with Crippen LogP contribution in [0.4, 0.5) is 0 Å². The molecule has 0 amide bonds. The summed E-state index contributed by atoms with van der Waals surface area (Å²) in [6, 6.07) is 1.83. The number of aromatic nitrogens is 3. The number of methoxy groups -OCH3 is 1. The number of rotatable bonds is 7. The van der Waals surface area contributed by atoms with Gasteiger partial charge in [0.1, 0.15) is 11.6 Å². The maximum absolute atomic E-state index is 12.6. The molecule has 0 saturated heterocycles. The van der Waals surface area contributed by atoms with Gasteiger partial charge in [-0.3, -0.25) is 9.59 Å². The van der Waals surface area contributed by atoms with Crippen molar-refractivity contribution in [3.8, 4) is 0 Å². The van der Waals surface area contributed by atoms with Gasteiger partial charge in [0.05, 0.1) is 11.2 Å². The number of nitrogens with zero attached hydrogens (tertiary/aromatic N) is 3. The summed E-state index contributed by atoms with van der Waals surface area (Å²) in [5.74, 6) is -0.200. The lowest BCUT2D eigenvalue weighted by Gasteiger charge is -2.09. The molecular weight excluding hydrogens is 353 g/mol. The number of aryl methyl sites for hydroxylation is 1. The summed E-state index contributed by atoms with van der Waals surface area (Å²) >= 11 is 11.6. The lowest BCUT2D eigenvalue weighted by molar-refractivity contribution is 0.0965. The Bertz CT molecular complexity index is 812. The van der Waals surface area contributed by atoms with Crippen LogP contribution in [0, 0.1) is 13.8 Å². The number of ketones is 1. The fraction of sp³-hybridized carbons (Fsp3) is 0.438. The summed E-state index contributed by atoms with van der Waals surface area (Å²) < 4.78 is 8.15. The molecule has 0 spiro atoms. The average molecular weight is 372 g/mol. The van der Waals surface area contributed by atoms with Crippen molar-refractivity contribution < 1.29 is 9.53 Å². The summed E-state index contributed by atoms with van der Waals surface area (Å²) in [5, 5.41) is 3.80. The van der Waals surface area contributed by atoms with E-state index in [4.69, 9.17) is 27.9 Å². The summed E-state index contributed by atoms with van der Waals surface area (Å²) in [5.41, 5.74) is 1.85. The molecule has 0 fully saturated rings. The molecule has 24 heavy (non-hydrogen) atoms. The van der Waals surface area contributed by atoms with Crippen LogP contribution in [0.3, 0.4) is 0 Å². The summed E-state index contributed by atoms with van der Waals surface area (Å²) in [6.45, 7) is 5.07. The molecule has 0 aromatic carbocycles. The zero-order valence-electron chi connectivity index (χ0n) is 13.8. The van der Waals surface area contributed by atoms with Crippen LogP contribution in [0.2, 0.25) is 10.0 Å². The van der Waals surface area contributed by atoms with E-state index in [2.05, 4.69) is 9.67 Å². The normalized spacial score (nSPS) is 11.0. The highest BCUT2D eigenvalue weighted by molar-refractivity contribution is 6.41. The largest absolute Gasteiger partial charge is 0.385 e. The highest BCUT2D eigenvalue weighted by atomic mass is 35.5. The summed E-state index contributed by atoms with van der Waals surface area (Å²) in [6.07, 6.45) is 2.11. The molecule has 0 aliphatic rings. The fourth-order valence-electron chi connectivity index (χ4n) is 2.57. The van der Waals surface area contributed by atoms with Crippen molar-refractivity contribution in [1.29, 1.82) is 0 Å². The minimum absolute atomic E-state index is 0.0710. The quantitative estimate of drug-likeness (QED) is 0.554. The Kier molecular flexibility index (Phi) is 6.21. The standard InChI is InChI=1S/C16H19Cl2N3O3/c1-10-7-12(11(2)20(10)5-4-6-24-3)14(22)9-21-16(23)15(18)13(17)8-19-21/h7-8H,4-6,9H2,1-3H3. The van der Waals surface area contributed by atoms with Gasteiger partial charge in [-0.25, -0.2) is 4.68 Å². The lowest BCUT2D eigenvalue weighted by Crippen LogP contribution is -2.27. The van der Waals surface area contributed by atoms with Crippen LogP contribution in [0.1, 0.15) is 28.2 Å². The molecule has 0 aliphatic heterocycles. The van der Waals surface area contributed by atoms with E-state index in [9.17, 15) is 9.59 Å². The molecule has 8 heteroatoms. The maximum atomic E-state index is 12.6. The first kappa shape index (κ1) is 18.7. The average Bonchev–Trinajstić information content (AvgIpc) is 2.83. The molecule has 130 valence electrons. The van der Waals surface area contributed by atoms with Crippen molar-refractivity contribution in [2.45, 2.75) is 33.4 Å². The van der Waals surface area contributed by atoms with E-state index >= 15 is 0 Å². The van der Waals surface area contributed by atoms with Gasteiger partial charge in [-0.15, -0.1) is 0 Å². The van der Waals surface area contributed by atoms with E-state index < -0.39 is 5.56 Å². The van der Waals surface area contributed by atoms with E-state index in [1.807, 2.05) is 19.9 Å². The zero-order valence-corrected chi connectivity index (χ0v) is 15.3. The minimum atomic E-state index is -0.577. The number of carbonyl (C=O) groups excluding carboxylic acids is 1. The third-order valence-electron chi connectivity index (χ3n) is 3.84. The van der Waals surface area contributed by atoms with Gasteiger partial charge in [0.2, 0.25) is 0 Å². The predicted octanol–water partition coefficient (Wildman–Crippen LogP) is 2.89. The molecule has 2 aromatic rings. The molecule has 2 rings (SSSR count). The van der Waals surface area contributed by atoms with Crippen molar-refractivity contribution in [2.24, 2.45) is 0 Å². The molecule has 2 aromatic heterocycles. The van der Waals surface area contributed by atoms with Gasteiger partial charge in [0, 0.05) is 37.2 Å². The van der Waals surface area contributed by atoms with Crippen LogP contribution in [-0.4, -0.2) is 33.8 Å². The lowest BCUT2D eigenvalue weighted by atomic mass is 10.1. The van der Waals surface area contributed by atoms with Gasteiger partial charge in [0.25, 0.3) is 5.56 Å². The van der Waals surface area contributed by atoms with Crippen LogP contribution in [0.15, 0.2) is 17.1 Å². The Morgan fingerprint density at radius 1 is 1.33 bits per heavy atom. The summed E-state index contributed by atoms with van der Waals surface area (Å²) in [7, 11) is 1.66. The topological polar surface area (TPSA) is 66.1 Å². The Morgan fingerprint density at radius 3 is 2.71 bits per heavy atom. The van der Waals surface area contributed by atoms with E-state index in [1.54, 1.807) is 7.11 Å². The summed E-state index contributed by atoms with van der Waals surface area (Å²) in [4.78, 5) is 24.6. The SMILES string of the molecule is COCCCn1c(C)cc(C(=O)Cn2ncc(Cl)c(Cl)c2=O)c1C. The van der Waals surface area contributed by atoms with E-state index in [-0.39, 0.29) is 22.4 Å². The van der Waals surface area contributed by atoms with Crippen molar-refractivity contribution in [2.75, 3.05) is 13.7 Å². The third kappa shape index (κ3) is 3.88. The Labute approximate surface area is 149 Å². The van der Waals surface area contributed by atoms with Crippen LogP contribution in [-0.2, 0) is 17.8 Å². The van der Waals surface area contributed by atoms with Gasteiger partial charge in [-0.1, -0.05) is 23.2 Å². The third-order valence-corrected chi connectivity index (χ3v) is 4.59. The van der Waals surface area contributed by atoms with E-state index in [0.717, 1.165) is 29.0 Å². The number of hydrogen-bond acceptors (Lipinski definition) is 4. The van der Waals surface area contributed by atoms with E-state index in [0.29, 0.717) is 12.2 Å². The fourth-order valence-corrected chi connectivity index (χ4v) is 2.84. The first-order valence-corrected chi connectivity index (χ1v) is 8.22. The molecule has 6 nitrogen and oxygen atoms in total. The molecule has 2 heterocycles. The van der Waals surface area contributed by atoms with Crippen LogP contribution in [0.25, 0.3) is 0 Å². The number of ether oxygens (including phenoxy) is 1. The van der Waals surface area contributed by atoms with Gasteiger partial charge < -0.3 is 9.30 Å². The number of carbonyl (C=O) groups is 1. The second-order valence-electron chi connectivity index (χ2n) is 5.48. The number of halogens is 2. The molecule has 0 aliphatic carbocycles. The molecular formula is C16H19Cl2N3O3. The molecule has 0 bridgehead atoms. The minimum Gasteiger partial charge on any atom is -0.385 e. The monoisotopic (exact) mass is 371 g/mol. The molecule has 0 atom stereocenters. The zero-order chi connectivity index (χ0) is 17.9. The van der Waals surface area contributed by atoms with Gasteiger partial charge in [0.15, 0.2) is 5.78 Å². The first-order chi connectivity index (χ1) is 11.4.